The van der Waals surface area contributed by atoms with E-state index in [1.807, 2.05) is 4.68 Å². The van der Waals surface area contributed by atoms with Gasteiger partial charge in [0.15, 0.2) is 0 Å². The van der Waals surface area contributed by atoms with Gasteiger partial charge in [0.25, 0.3) is 0 Å². The van der Waals surface area contributed by atoms with Crippen LogP contribution in [0.5, 0.6) is 0 Å². The number of hydrogen-bond donors (Lipinski definition) is 1. The summed E-state index contributed by atoms with van der Waals surface area (Å²) in [6.45, 7) is 11.1. The molecular weight excluding hydrogens is 326 g/mol. The molecule has 1 aliphatic heterocycles. The van der Waals surface area contributed by atoms with Crippen LogP contribution in [0.4, 0.5) is 0 Å². The quantitative estimate of drug-likeness (QED) is 0.907. The zero-order valence-corrected chi connectivity index (χ0v) is 16.2. The second kappa shape index (κ2) is 7.23. The topological polar surface area (TPSA) is 58.4 Å². The third kappa shape index (κ3) is 4.15. The van der Waals surface area contributed by atoms with Crippen molar-refractivity contribution in [1.82, 2.24) is 14.7 Å². The van der Waals surface area contributed by atoms with E-state index in [1.165, 1.54) is 11.1 Å². The van der Waals surface area contributed by atoms with Crippen molar-refractivity contribution in [3.05, 3.63) is 47.3 Å². The van der Waals surface area contributed by atoms with Crippen molar-refractivity contribution in [2.24, 2.45) is 5.92 Å². The number of aliphatic carboxylic acids is 1. The normalized spacial score (nSPS) is 16.8. The average molecular weight is 355 g/mol. The van der Waals surface area contributed by atoms with Crippen molar-refractivity contribution < 1.29 is 9.90 Å². The molecule has 0 bridgehead atoms. The van der Waals surface area contributed by atoms with E-state index in [9.17, 15) is 9.90 Å². The Kier molecular flexibility index (Phi) is 5.19. The zero-order chi connectivity index (χ0) is 18.9. The van der Waals surface area contributed by atoms with E-state index in [2.05, 4.69) is 63.1 Å². The first-order chi connectivity index (χ1) is 12.2. The molecule has 1 aromatic carbocycles. The lowest BCUT2D eigenvalue weighted by Gasteiger charge is -2.30. The van der Waals surface area contributed by atoms with Gasteiger partial charge in [-0.25, -0.2) is 4.68 Å². The van der Waals surface area contributed by atoms with E-state index in [0.29, 0.717) is 0 Å². The lowest BCUT2D eigenvalue weighted by molar-refractivity contribution is -0.143. The van der Waals surface area contributed by atoms with Crippen molar-refractivity contribution in [3.63, 3.8) is 0 Å². The number of carboxylic acid groups (broad SMARTS) is 1. The lowest BCUT2D eigenvalue weighted by Crippen LogP contribution is -2.36. The molecule has 1 aliphatic rings. The number of aromatic nitrogens is 2. The van der Waals surface area contributed by atoms with Gasteiger partial charge in [-0.2, -0.15) is 5.10 Å². The van der Waals surface area contributed by atoms with Crippen LogP contribution in [-0.2, 0) is 16.8 Å². The van der Waals surface area contributed by atoms with Crippen molar-refractivity contribution in [3.8, 4) is 5.69 Å². The summed E-state index contributed by atoms with van der Waals surface area (Å²) in [4.78, 5) is 13.5. The maximum Gasteiger partial charge on any atom is 0.306 e. The minimum Gasteiger partial charge on any atom is -0.481 e. The first-order valence-corrected chi connectivity index (χ1v) is 9.35. The molecule has 140 valence electrons. The van der Waals surface area contributed by atoms with Crippen molar-refractivity contribution >= 4 is 5.97 Å². The molecule has 2 aromatic rings. The third-order valence-corrected chi connectivity index (χ3v) is 5.13. The number of rotatable bonds is 4. The molecule has 5 nitrogen and oxygen atoms in total. The summed E-state index contributed by atoms with van der Waals surface area (Å²) in [5.74, 6) is -0.851. The molecule has 1 saturated heterocycles. The van der Waals surface area contributed by atoms with Gasteiger partial charge in [-0.3, -0.25) is 9.69 Å². The highest BCUT2D eigenvalue weighted by atomic mass is 16.4. The van der Waals surface area contributed by atoms with Crippen LogP contribution >= 0.6 is 0 Å². The number of benzene rings is 1. The van der Waals surface area contributed by atoms with E-state index in [1.54, 1.807) is 0 Å². The molecule has 1 N–H and O–H groups in total. The van der Waals surface area contributed by atoms with Gasteiger partial charge in [0.05, 0.1) is 17.3 Å². The fourth-order valence-corrected chi connectivity index (χ4v) is 3.57. The van der Waals surface area contributed by atoms with Crippen LogP contribution in [0.1, 0.15) is 50.4 Å². The summed E-state index contributed by atoms with van der Waals surface area (Å²) in [7, 11) is 0. The van der Waals surface area contributed by atoms with Gasteiger partial charge in [-0.15, -0.1) is 0 Å². The maximum absolute atomic E-state index is 11.2. The van der Waals surface area contributed by atoms with Gasteiger partial charge in [0.2, 0.25) is 0 Å². The van der Waals surface area contributed by atoms with Gasteiger partial charge in [0, 0.05) is 23.7 Å². The Morgan fingerprint density at radius 2 is 1.81 bits per heavy atom. The van der Waals surface area contributed by atoms with Crippen molar-refractivity contribution in [2.75, 3.05) is 13.1 Å². The van der Waals surface area contributed by atoms with E-state index >= 15 is 0 Å². The summed E-state index contributed by atoms with van der Waals surface area (Å²) < 4.78 is 1.97. The number of hydrogen-bond acceptors (Lipinski definition) is 3. The Morgan fingerprint density at radius 1 is 1.19 bits per heavy atom. The standard InChI is InChI=1S/C21H29N3O2/c1-15-5-7-18(8-6-15)24-14-17(19(22-24)21(2,3)4)13-23-11-9-16(10-12-23)20(25)26/h5-8,14,16H,9-13H2,1-4H3,(H,25,26). The Morgan fingerprint density at radius 3 is 2.35 bits per heavy atom. The highest BCUT2D eigenvalue weighted by Crippen LogP contribution is 2.28. The summed E-state index contributed by atoms with van der Waals surface area (Å²) in [5.41, 5.74) is 4.60. The highest BCUT2D eigenvalue weighted by Gasteiger charge is 2.27. The first kappa shape index (κ1) is 18.6. The monoisotopic (exact) mass is 355 g/mol. The molecule has 0 spiro atoms. The molecule has 0 aliphatic carbocycles. The van der Waals surface area contributed by atoms with Crippen LogP contribution in [0.3, 0.4) is 0 Å². The lowest BCUT2D eigenvalue weighted by atomic mass is 9.89. The van der Waals surface area contributed by atoms with E-state index in [0.717, 1.165) is 43.9 Å². The van der Waals surface area contributed by atoms with E-state index in [-0.39, 0.29) is 11.3 Å². The Hall–Kier alpha value is -2.14. The third-order valence-electron chi connectivity index (χ3n) is 5.13. The molecule has 0 amide bonds. The average Bonchev–Trinajstić information content (AvgIpc) is 3.00. The van der Waals surface area contributed by atoms with Gasteiger partial charge >= 0.3 is 5.97 Å². The Labute approximate surface area is 155 Å². The number of aryl methyl sites for hydroxylation is 1. The second-order valence-corrected chi connectivity index (χ2v) is 8.42. The fraction of sp³-hybridized carbons (Fsp3) is 0.524. The van der Waals surface area contributed by atoms with Crippen LogP contribution in [0.25, 0.3) is 5.69 Å². The fourth-order valence-electron chi connectivity index (χ4n) is 3.57. The number of carboxylic acids is 1. The van der Waals surface area contributed by atoms with Crippen molar-refractivity contribution in [1.29, 1.82) is 0 Å². The molecule has 2 heterocycles. The minimum atomic E-state index is -0.660. The number of piperidine rings is 1. The molecule has 0 unspecified atom stereocenters. The van der Waals surface area contributed by atoms with Crippen LogP contribution in [0.2, 0.25) is 0 Å². The molecule has 0 saturated carbocycles. The first-order valence-electron chi connectivity index (χ1n) is 9.35. The SMILES string of the molecule is Cc1ccc(-n2cc(CN3CCC(C(=O)O)CC3)c(C(C)(C)C)n2)cc1. The molecular formula is C21H29N3O2. The smallest absolute Gasteiger partial charge is 0.306 e. The largest absolute Gasteiger partial charge is 0.481 e. The Bertz CT molecular complexity index is 764. The summed E-state index contributed by atoms with van der Waals surface area (Å²) in [6.07, 6.45) is 3.59. The van der Waals surface area contributed by atoms with Gasteiger partial charge < -0.3 is 5.11 Å². The number of likely N-dealkylation sites (tertiary alicyclic amines) is 1. The molecule has 5 heteroatoms. The van der Waals surface area contributed by atoms with Gasteiger partial charge in [-0.1, -0.05) is 38.5 Å². The van der Waals surface area contributed by atoms with E-state index in [4.69, 9.17) is 5.10 Å². The summed E-state index contributed by atoms with van der Waals surface area (Å²) in [6, 6.07) is 8.39. The van der Waals surface area contributed by atoms with Crippen molar-refractivity contribution in [2.45, 2.75) is 52.5 Å². The highest BCUT2D eigenvalue weighted by molar-refractivity contribution is 5.70. The van der Waals surface area contributed by atoms with Gasteiger partial charge in [0.1, 0.15) is 0 Å². The molecule has 26 heavy (non-hydrogen) atoms. The molecule has 1 aromatic heterocycles. The number of nitrogens with zero attached hydrogens (tertiary/aromatic N) is 3. The van der Waals surface area contributed by atoms with Crippen LogP contribution in [0, 0.1) is 12.8 Å². The maximum atomic E-state index is 11.2. The zero-order valence-electron chi connectivity index (χ0n) is 16.2. The predicted octanol–water partition coefficient (Wildman–Crippen LogP) is 3.77. The summed E-state index contributed by atoms with van der Waals surface area (Å²) in [5, 5.41) is 14.1. The van der Waals surface area contributed by atoms with Gasteiger partial charge in [-0.05, 0) is 45.0 Å². The Balaban J connectivity index is 1.82. The van der Waals surface area contributed by atoms with Crippen LogP contribution < -0.4 is 0 Å². The van der Waals surface area contributed by atoms with Crippen LogP contribution in [0.15, 0.2) is 30.5 Å². The molecule has 0 radical (unpaired) electrons. The van der Waals surface area contributed by atoms with Crippen LogP contribution in [-0.4, -0.2) is 38.8 Å². The molecule has 0 atom stereocenters. The molecule has 3 rings (SSSR count). The molecule has 1 fully saturated rings. The predicted molar refractivity (Wildman–Crippen MR) is 103 cm³/mol. The second-order valence-electron chi connectivity index (χ2n) is 8.42. The number of carbonyl (C=O) groups is 1. The minimum absolute atomic E-state index is 0.0370. The van der Waals surface area contributed by atoms with E-state index < -0.39 is 5.97 Å². The summed E-state index contributed by atoms with van der Waals surface area (Å²) >= 11 is 0.